The highest BCUT2D eigenvalue weighted by Gasteiger charge is 2.27. The Hall–Kier alpha value is -2.00. The molecular weight excluding hydrogens is 286 g/mol. The fourth-order valence-electron chi connectivity index (χ4n) is 2.73. The number of carbonyl (C=O) groups is 1. The number of likely N-dealkylation sites (N-methyl/N-ethyl adjacent to an activating group) is 1. The average Bonchev–Trinajstić information content (AvgIpc) is 2.51. The van der Waals surface area contributed by atoms with E-state index in [-0.39, 0.29) is 5.91 Å². The number of ether oxygens (including phenoxy) is 1. The number of halogens is 1. The molecule has 0 saturated carbocycles. The highest BCUT2D eigenvalue weighted by molar-refractivity contribution is 6.30. The van der Waals surface area contributed by atoms with Crippen molar-refractivity contribution in [2.24, 2.45) is 0 Å². The quantitative estimate of drug-likeness (QED) is 0.847. The summed E-state index contributed by atoms with van der Waals surface area (Å²) in [5.41, 5.74) is 3.61. The Kier molecular flexibility index (Phi) is 3.60. The topological polar surface area (TPSA) is 29.5 Å². The molecule has 2 aromatic carbocycles. The SMILES string of the molecule is COc1ccc2c(c1-c1ccc(Cl)cc1)C(=O)N(C)CC2. The smallest absolute Gasteiger partial charge is 0.254 e. The molecule has 0 atom stereocenters. The first-order valence-corrected chi connectivity index (χ1v) is 7.21. The number of hydrogen-bond acceptors (Lipinski definition) is 2. The first kappa shape index (κ1) is 14.0. The van der Waals surface area contributed by atoms with Gasteiger partial charge in [0.05, 0.1) is 12.7 Å². The van der Waals surface area contributed by atoms with Gasteiger partial charge in [0.15, 0.2) is 0 Å². The molecule has 0 saturated heterocycles. The summed E-state index contributed by atoms with van der Waals surface area (Å²) in [5.74, 6) is 0.750. The van der Waals surface area contributed by atoms with E-state index in [1.165, 1.54) is 0 Å². The van der Waals surface area contributed by atoms with Crippen LogP contribution in [0.3, 0.4) is 0 Å². The number of amides is 1. The number of hydrogen-bond donors (Lipinski definition) is 0. The summed E-state index contributed by atoms with van der Waals surface area (Å²) in [5, 5.41) is 0.672. The van der Waals surface area contributed by atoms with Gasteiger partial charge >= 0.3 is 0 Å². The molecular formula is C17H16ClNO2. The summed E-state index contributed by atoms with van der Waals surface area (Å²) in [6.07, 6.45) is 0.863. The first-order chi connectivity index (χ1) is 10.1. The molecule has 1 amide bonds. The van der Waals surface area contributed by atoms with Crippen molar-refractivity contribution in [3.8, 4) is 16.9 Å². The lowest BCUT2D eigenvalue weighted by Crippen LogP contribution is -2.34. The summed E-state index contributed by atoms with van der Waals surface area (Å²) in [6, 6.07) is 11.4. The molecule has 1 aliphatic heterocycles. The highest BCUT2D eigenvalue weighted by Crippen LogP contribution is 2.38. The Morgan fingerprint density at radius 2 is 1.81 bits per heavy atom. The van der Waals surface area contributed by atoms with Gasteiger partial charge in [-0.25, -0.2) is 0 Å². The van der Waals surface area contributed by atoms with Crippen LogP contribution in [0.5, 0.6) is 5.75 Å². The maximum absolute atomic E-state index is 12.6. The second-order valence-electron chi connectivity index (χ2n) is 5.16. The zero-order valence-corrected chi connectivity index (χ0v) is 12.8. The Balaban J connectivity index is 2.27. The van der Waals surface area contributed by atoms with E-state index in [2.05, 4.69) is 0 Å². The third-order valence-corrected chi connectivity index (χ3v) is 4.14. The lowest BCUT2D eigenvalue weighted by Gasteiger charge is -2.27. The predicted molar refractivity (Wildman–Crippen MR) is 84.1 cm³/mol. The van der Waals surface area contributed by atoms with Crippen LogP contribution in [-0.4, -0.2) is 31.5 Å². The molecule has 3 nitrogen and oxygen atoms in total. The molecule has 0 bridgehead atoms. The fraction of sp³-hybridized carbons (Fsp3) is 0.235. The molecule has 108 valence electrons. The molecule has 0 spiro atoms. The Morgan fingerprint density at radius 1 is 1.10 bits per heavy atom. The van der Waals surface area contributed by atoms with Crippen LogP contribution >= 0.6 is 11.6 Å². The molecule has 1 aliphatic rings. The van der Waals surface area contributed by atoms with E-state index < -0.39 is 0 Å². The van der Waals surface area contributed by atoms with Gasteiger partial charge < -0.3 is 9.64 Å². The fourth-order valence-corrected chi connectivity index (χ4v) is 2.86. The highest BCUT2D eigenvalue weighted by atomic mass is 35.5. The molecule has 0 fully saturated rings. The molecule has 2 aromatic rings. The van der Waals surface area contributed by atoms with Crippen LogP contribution in [0.4, 0.5) is 0 Å². The number of carbonyl (C=O) groups excluding carboxylic acids is 1. The summed E-state index contributed by atoms with van der Waals surface area (Å²) in [7, 11) is 3.45. The van der Waals surface area contributed by atoms with Crippen LogP contribution in [0.1, 0.15) is 15.9 Å². The van der Waals surface area contributed by atoms with Crippen molar-refractivity contribution >= 4 is 17.5 Å². The van der Waals surface area contributed by atoms with Crippen molar-refractivity contribution in [2.75, 3.05) is 20.7 Å². The second kappa shape index (κ2) is 5.41. The molecule has 4 heteroatoms. The van der Waals surface area contributed by atoms with Gasteiger partial charge in [-0.1, -0.05) is 29.8 Å². The van der Waals surface area contributed by atoms with E-state index in [1.54, 1.807) is 12.0 Å². The molecule has 1 heterocycles. The van der Waals surface area contributed by atoms with Gasteiger partial charge in [-0.15, -0.1) is 0 Å². The minimum absolute atomic E-state index is 0.0418. The van der Waals surface area contributed by atoms with Crippen molar-refractivity contribution in [2.45, 2.75) is 6.42 Å². The monoisotopic (exact) mass is 301 g/mol. The minimum Gasteiger partial charge on any atom is -0.496 e. The van der Waals surface area contributed by atoms with Gasteiger partial charge in [0, 0.05) is 24.2 Å². The molecule has 0 aliphatic carbocycles. The molecule has 21 heavy (non-hydrogen) atoms. The van der Waals surface area contributed by atoms with Crippen molar-refractivity contribution in [3.05, 3.63) is 52.5 Å². The minimum atomic E-state index is 0.0418. The van der Waals surface area contributed by atoms with Crippen LogP contribution in [0.2, 0.25) is 5.02 Å². The van der Waals surface area contributed by atoms with Crippen molar-refractivity contribution in [1.29, 1.82) is 0 Å². The number of benzene rings is 2. The summed E-state index contributed by atoms with van der Waals surface area (Å²) in [6.45, 7) is 0.748. The Morgan fingerprint density at radius 3 is 2.48 bits per heavy atom. The van der Waals surface area contributed by atoms with E-state index >= 15 is 0 Å². The lowest BCUT2D eigenvalue weighted by atomic mass is 9.90. The van der Waals surface area contributed by atoms with E-state index in [0.29, 0.717) is 10.8 Å². The van der Waals surface area contributed by atoms with Gasteiger partial charge in [-0.05, 0) is 35.7 Å². The van der Waals surface area contributed by atoms with E-state index in [4.69, 9.17) is 16.3 Å². The maximum atomic E-state index is 12.6. The van der Waals surface area contributed by atoms with E-state index in [1.807, 2.05) is 43.4 Å². The number of nitrogens with zero attached hydrogens (tertiary/aromatic N) is 1. The Bertz CT molecular complexity index is 695. The molecule has 3 rings (SSSR count). The number of fused-ring (bicyclic) bond motifs is 1. The van der Waals surface area contributed by atoms with Crippen molar-refractivity contribution in [1.82, 2.24) is 4.90 Å². The average molecular weight is 302 g/mol. The van der Waals surface area contributed by atoms with Crippen LogP contribution in [-0.2, 0) is 6.42 Å². The van der Waals surface area contributed by atoms with Crippen LogP contribution in [0.25, 0.3) is 11.1 Å². The van der Waals surface area contributed by atoms with Gasteiger partial charge in [0.2, 0.25) is 0 Å². The third kappa shape index (κ3) is 2.38. The lowest BCUT2D eigenvalue weighted by molar-refractivity contribution is 0.0781. The van der Waals surface area contributed by atoms with Crippen molar-refractivity contribution < 1.29 is 9.53 Å². The molecule has 0 radical (unpaired) electrons. The zero-order chi connectivity index (χ0) is 15.0. The normalized spacial score (nSPS) is 14.0. The van der Waals surface area contributed by atoms with Gasteiger partial charge in [0.1, 0.15) is 5.75 Å². The molecule has 0 aromatic heterocycles. The first-order valence-electron chi connectivity index (χ1n) is 6.83. The maximum Gasteiger partial charge on any atom is 0.254 e. The largest absolute Gasteiger partial charge is 0.496 e. The Labute approximate surface area is 129 Å². The summed E-state index contributed by atoms with van der Waals surface area (Å²) < 4.78 is 5.48. The summed E-state index contributed by atoms with van der Waals surface area (Å²) in [4.78, 5) is 14.3. The van der Waals surface area contributed by atoms with Gasteiger partial charge in [-0.2, -0.15) is 0 Å². The van der Waals surface area contributed by atoms with Gasteiger partial charge in [-0.3, -0.25) is 4.79 Å². The van der Waals surface area contributed by atoms with Crippen LogP contribution < -0.4 is 4.74 Å². The van der Waals surface area contributed by atoms with E-state index in [9.17, 15) is 4.79 Å². The summed E-state index contributed by atoms with van der Waals surface area (Å²) >= 11 is 5.96. The van der Waals surface area contributed by atoms with Crippen LogP contribution in [0.15, 0.2) is 36.4 Å². The standard InChI is InChI=1S/C17H16ClNO2/c1-19-10-9-12-5-8-14(21-2)15(16(12)17(19)20)11-3-6-13(18)7-4-11/h3-8H,9-10H2,1-2H3. The molecule has 0 N–H and O–H groups in total. The molecule has 0 unspecified atom stereocenters. The third-order valence-electron chi connectivity index (χ3n) is 3.88. The zero-order valence-electron chi connectivity index (χ0n) is 12.0. The number of rotatable bonds is 2. The van der Waals surface area contributed by atoms with Crippen molar-refractivity contribution in [3.63, 3.8) is 0 Å². The van der Waals surface area contributed by atoms with Gasteiger partial charge in [0.25, 0.3) is 5.91 Å². The predicted octanol–water partition coefficient (Wildman–Crippen LogP) is 3.64. The second-order valence-corrected chi connectivity index (χ2v) is 5.60. The number of methoxy groups -OCH3 is 1. The van der Waals surface area contributed by atoms with E-state index in [0.717, 1.165) is 35.2 Å². The van der Waals surface area contributed by atoms with Crippen LogP contribution in [0, 0.1) is 0 Å².